The van der Waals surface area contributed by atoms with Gasteiger partial charge in [-0.3, -0.25) is 0 Å². The quantitative estimate of drug-likeness (QED) is 0.810. The molecule has 4 unspecified atom stereocenters. The number of rotatable bonds is 2. The van der Waals surface area contributed by atoms with Gasteiger partial charge in [0.25, 0.3) is 0 Å². The molecule has 2 fully saturated rings. The summed E-state index contributed by atoms with van der Waals surface area (Å²) in [5.74, 6) is 1.52. The van der Waals surface area contributed by atoms with Crippen LogP contribution in [0.5, 0.6) is 0 Å². The van der Waals surface area contributed by atoms with E-state index < -0.39 is 0 Å². The van der Waals surface area contributed by atoms with Gasteiger partial charge in [0, 0.05) is 29.8 Å². The minimum Gasteiger partial charge on any atom is -0.376 e. The van der Waals surface area contributed by atoms with Crippen molar-refractivity contribution in [2.45, 2.75) is 63.1 Å². The highest BCUT2D eigenvalue weighted by atomic mass is 16.5. The highest BCUT2D eigenvalue weighted by Gasteiger charge is 2.50. The van der Waals surface area contributed by atoms with Gasteiger partial charge in [-0.15, -0.1) is 0 Å². The zero-order chi connectivity index (χ0) is 14.2. The maximum Gasteiger partial charge on any atom is 0.133 e. The lowest BCUT2D eigenvalue weighted by molar-refractivity contribution is -0.104. The fourth-order valence-corrected chi connectivity index (χ4v) is 4.11. The summed E-state index contributed by atoms with van der Waals surface area (Å²) >= 11 is 0. The molecule has 5 heteroatoms. The first-order valence-corrected chi connectivity index (χ1v) is 8.31. The molecule has 4 rings (SSSR count). The van der Waals surface area contributed by atoms with Crippen LogP contribution < -0.4 is 11.1 Å². The second kappa shape index (κ2) is 5.54. The summed E-state index contributed by atoms with van der Waals surface area (Å²) in [4.78, 5) is 8.97. The molecule has 21 heavy (non-hydrogen) atoms. The average molecular weight is 288 g/mol. The van der Waals surface area contributed by atoms with Gasteiger partial charge in [-0.1, -0.05) is 6.42 Å². The van der Waals surface area contributed by atoms with E-state index >= 15 is 0 Å². The van der Waals surface area contributed by atoms with E-state index in [4.69, 9.17) is 10.5 Å². The lowest BCUT2D eigenvalue weighted by Gasteiger charge is -2.52. The van der Waals surface area contributed by atoms with Gasteiger partial charge in [-0.2, -0.15) is 0 Å². The third kappa shape index (κ3) is 2.32. The number of aromatic nitrogens is 2. The molecule has 3 aliphatic rings. The van der Waals surface area contributed by atoms with Crippen LogP contribution in [0, 0.1) is 5.92 Å². The topological polar surface area (TPSA) is 73.1 Å². The predicted molar refractivity (Wildman–Crippen MR) is 81.1 cm³/mol. The summed E-state index contributed by atoms with van der Waals surface area (Å²) in [5, 5.41) is 3.58. The predicted octanol–water partition coefficient (Wildman–Crippen LogP) is 1.66. The maximum atomic E-state index is 6.35. The molecule has 0 spiro atoms. The van der Waals surface area contributed by atoms with E-state index in [1.807, 2.05) is 0 Å². The third-order valence-corrected chi connectivity index (χ3v) is 5.36. The van der Waals surface area contributed by atoms with Crippen molar-refractivity contribution in [2.75, 3.05) is 11.9 Å². The van der Waals surface area contributed by atoms with Crippen LogP contribution in [-0.2, 0) is 17.6 Å². The van der Waals surface area contributed by atoms with Crippen molar-refractivity contribution in [3.63, 3.8) is 0 Å². The van der Waals surface area contributed by atoms with Gasteiger partial charge in [0.1, 0.15) is 12.1 Å². The van der Waals surface area contributed by atoms with Crippen LogP contribution in [0.1, 0.15) is 43.4 Å². The number of aryl methyl sites for hydroxylation is 1. The van der Waals surface area contributed by atoms with E-state index in [2.05, 4.69) is 15.3 Å². The van der Waals surface area contributed by atoms with Crippen molar-refractivity contribution in [3.8, 4) is 0 Å². The fourth-order valence-electron chi connectivity index (χ4n) is 4.11. The first-order chi connectivity index (χ1) is 10.3. The smallest absolute Gasteiger partial charge is 0.133 e. The van der Waals surface area contributed by atoms with Crippen LogP contribution in [0.25, 0.3) is 0 Å². The van der Waals surface area contributed by atoms with Crippen LogP contribution in [0.4, 0.5) is 5.82 Å². The lowest BCUT2D eigenvalue weighted by atomic mass is 9.68. The first-order valence-electron chi connectivity index (χ1n) is 8.31. The molecule has 5 nitrogen and oxygen atoms in total. The Hall–Kier alpha value is -1.20. The van der Waals surface area contributed by atoms with E-state index in [9.17, 15) is 0 Å². The molecule has 1 aliphatic heterocycles. The molecule has 1 saturated heterocycles. The number of hydrogen-bond donors (Lipinski definition) is 2. The van der Waals surface area contributed by atoms with Gasteiger partial charge in [0.2, 0.25) is 0 Å². The van der Waals surface area contributed by atoms with Crippen molar-refractivity contribution in [2.24, 2.45) is 11.7 Å². The van der Waals surface area contributed by atoms with Crippen LogP contribution >= 0.6 is 0 Å². The minimum atomic E-state index is 0.187. The lowest BCUT2D eigenvalue weighted by Crippen LogP contribution is -2.69. The van der Waals surface area contributed by atoms with Crippen molar-refractivity contribution < 1.29 is 4.74 Å². The molecular weight excluding hydrogens is 264 g/mol. The number of ether oxygens (including phenoxy) is 1. The molecule has 0 amide bonds. The van der Waals surface area contributed by atoms with E-state index in [1.54, 1.807) is 6.33 Å². The molecule has 1 aromatic heterocycles. The Bertz CT molecular complexity index is 521. The second-order valence-electron chi connectivity index (χ2n) is 6.60. The summed E-state index contributed by atoms with van der Waals surface area (Å²) in [6.07, 6.45) is 10.2. The molecule has 0 radical (unpaired) electrons. The SMILES string of the molecule is NC1C2CCCOC2C1Nc1ncnc2c1CCCCC2. The normalized spacial score (nSPS) is 35.1. The molecule has 114 valence electrons. The standard InChI is InChI=1S/C16H24N4O/c17-13-11-6-4-8-21-15(11)14(13)20-16-10-5-2-1-3-7-12(10)18-9-19-16/h9,11,13-15H,1-8,17H2,(H,18,19,20). The van der Waals surface area contributed by atoms with Crippen LogP contribution in [0.2, 0.25) is 0 Å². The molecule has 1 saturated carbocycles. The fraction of sp³-hybridized carbons (Fsp3) is 0.750. The van der Waals surface area contributed by atoms with Crippen LogP contribution in [0.3, 0.4) is 0 Å². The Morgan fingerprint density at radius 3 is 3.00 bits per heavy atom. The van der Waals surface area contributed by atoms with Crippen molar-refractivity contribution in [1.29, 1.82) is 0 Å². The monoisotopic (exact) mass is 288 g/mol. The van der Waals surface area contributed by atoms with E-state index in [1.165, 1.54) is 36.9 Å². The Labute approximate surface area is 125 Å². The van der Waals surface area contributed by atoms with Gasteiger partial charge < -0.3 is 15.8 Å². The minimum absolute atomic E-state index is 0.187. The number of hydrogen-bond acceptors (Lipinski definition) is 5. The van der Waals surface area contributed by atoms with Crippen molar-refractivity contribution >= 4 is 5.82 Å². The molecule has 2 heterocycles. The molecule has 2 aliphatic carbocycles. The Kier molecular flexibility index (Phi) is 3.55. The van der Waals surface area contributed by atoms with Gasteiger partial charge in [-0.25, -0.2) is 9.97 Å². The van der Waals surface area contributed by atoms with Gasteiger partial charge in [-0.05, 0) is 38.5 Å². The molecular formula is C16H24N4O. The van der Waals surface area contributed by atoms with Crippen molar-refractivity contribution in [3.05, 3.63) is 17.6 Å². The van der Waals surface area contributed by atoms with E-state index in [0.717, 1.165) is 31.7 Å². The molecule has 4 atom stereocenters. The Balaban J connectivity index is 1.55. The summed E-state index contributed by atoms with van der Waals surface area (Å²) in [6, 6.07) is 0.393. The molecule has 0 bridgehead atoms. The number of nitrogens with two attached hydrogens (primary N) is 1. The van der Waals surface area contributed by atoms with E-state index in [-0.39, 0.29) is 18.2 Å². The molecule has 3 N–H and O–H groups in total. The third-order valence-electron chi connectivity index (χ3n) is 5.36. The first kappa shape index (κ1) is 13.5. The highest BCUT2D eigenvalue weighted by molar-refractivity contribution is 5.48. The summed E-state index contributed by atoms with van der Waals surface area (Å²) < 4.78 is 5.91. The Morgan fingerprint density at radius 1 is 1.14 bits per heavy atom. The largest absolute Gasteiger partial charge is 0.376 e. The zero-order valence-corrected chi connectivity index (χ0v) is 12.4. The molecule has 1 aromatic rings. The Morgan fingerprint density at radius 2 is 2.05 bits per heavy atom. The summed E-state index contributed by atoms with van der Waals surface area (Å²) in [6.45, 7) is 0.869. The highest BCUT2D eigenvalue weighted by Crippen LogP contribution is 2.39. The van der Waals surface area contributed by atoms with Crippen molar-refractivity contribution in [1.82, 2.24) is 9.97 Å². The second-order valence-corrected chi connectivity index (χ2v) is 6.60. The van der Waals surface area contributed by atoms with Gasteiger partial charge in [0.15, 0.2) is 0 Å². The maximum absolute atomic E-state index is 6.35. The van der Waals surface area contributed by atoms with Gasteiger partial charge in [0.05, 0.1) is 12.1 Å². The summed E-state index contributed by atoms with van der Waals surface area (Å²) in [5.41, 5.74) is 8.87. The molecule has 0 aromatic carbocycles. The number of nitrogens with one attached hydrogen (secondary N) is 1. The van der Waals surface area contributed by atoms with Crippen LogP contribution in [0.15, 0.2) is 6.33 Å². The number of nitrogens with zero attached hydrogens (tertiary/aromatic N) is 2. The average Bonchev–Trinajstić information content (AvgIpc) is 2.78. The number of fused-ring (bicyclic) bond motifs is 2. The number of anilines is 1. The van der Waals surface area contributed by atoms with Crippen LogP contribution in [-0.4, -0.2) is 34.8 Å². The van der Waals surface area contributed by atoms with Gasteiger partial charge >= 0.3 is 0 Å². The zero-order valence-electron chi connectivity index (χ0n) is 12.4. The summed E-state index contributed by atoms with van der Waals surface area (Å²) in [7, 11) is 0. The van der Waals surface area contributed by atoms with E-state index in [0.29, 0.717) is 5.92 Å².